The van der Waals surface area contributed by atoms with Crippen LogP contribution in [-0.2, 0) is 26.2 Å². The second-order valence-electron chi connectivity index (χ2n) is 6.99. The second kappa shape index (κ2) is 6.64. The van der Waals surface area contributed by atoms with Crippen LogP contribution in [0.5, 0.6) is 0 Å². The van der Waals surface area contributed by atoms with E-state index in [0.29, 0.717) is 16.1 Å². The van der Waals surface area contributed by atoms with Crippen LogP contribution in [0, 0.1) is 0 Å². The summed E-state index contributed by atoms with van der Waals surface area (Å²) >= 11 is 1.31. The van der Waals surface area contributed by atoms with E-state index >= 15 is 0 Å². The minimum atomic E-state index is -3.96. The summed E-state index contributed by atoms with van der Waals surface area (Å²) in [6.07, 6.45) is 3.27. The third-order valence-corrected chi connectivity index (χ3v) is 7.33. The number of amides is 3. The fourth-order valence-electron chi connectivity index (χ4n) is 3.78. The lowest BCUT2D eigenvalue weighted by atomic mass is 10.0. The van der Waals surface area contributed by atoms with Crippen LogP contribution in [0.1, 0.15) is 28.8 Å². The summed E-state index contributed by atoms with van der Waals surface area (Å²) in [4.78, 5) is 42.5. The molecular weight excluding hydrogens is 430 g/mol. The smallest absolute Gasteiger partial charge is 0.279 e. The lowest BCUT2D eigenvalue weighted by Gasteiger charge is -2.29. The van der Waals surface area contributed by atoms with Crippen molar-refractivity contribution in [3.05, 3.63) is 47.1 Å². The summed E-state index contributed by atoms with van der Waals surface area (Å²) in [7, 11) is -3.96. The Morgan fingerprint density at radius 3 is 2.87 bits per heavy atom. The van der Waals surface area contributed by atoms with Gasteiger partial charge in [0.2, 0.25) is 11.8 Å². The number of nitrogens with one attached hydrogen (secondary N) is 2. The van der Waals surface area contributed by atoms with E-state index in [1.54, 1.807) is 29.8 Å². The molecule has 3 aromatic rings. The van der Waals surface area contributed by atoms with Crippen molar-refractivity contribution in [3.63, 3.8) is 0 Å². The summed E-state index contributed by atoms with van der Waals surface area (Å²) < 4.78 is 29.9. The van der Waals surface area contributed by atoms with Crippen LogP contribution in [0.4, 0.5) is 5.69 Å². The molecule has 30 heavy (non-hydrogen) atoms. The fourth-order valence-corrected chi connectivity index (χ4v) is 5.71. The number of thiazole rings is 1. The van der Waals surface area contributed by atoms with Crippen molar-refractivity contribution < 1.29 is 22.8 Å². The topological polar surface area (TPSA) is 130 Å². The Labute approximate surface area is 174 Å². The number of anilines is 1. The quantitative estimate of drug-likeness (QED) is 0.576. The highest BCUT2D eigenvalue weighted by molar-refractivity contribution is 7.92. The number of aromatic nitrogens is 2. The Kier molecular flexibility index (Phi) is 4.15. The van der Waals surface area contributed by atoms with E-state index in [9.17, 15) is 22.8 Å². The third-order valence-electron chi connectivity index (χ3n) is 5.21. The molecule has 2 aromatic heterocycles. The van der Waals surface area contributed by atoms with Crippen LogP contribution in [0.2, 0.25) is 0 Å². The molecule has 154 valence electrons. The van der Waals surface area contributed by atoms with E-state index in [-0.39, 0.29) is 41.9 Å². The van der Waals surface area contributed by atoms with Gasteiger partial charge in [0.1, 0.15) is 6.04 Å². The van der Waals surface area contributed by atoms with E-state index in [2.05, 4.69) is 15.0 Å². The van der Waals surface area contributed by atoms with Gasteiger partial charge in [0.15, 0.2) is 9.99 Å². The lowest BCUT2D eigenvalue weighted by Crippen LogP contribution is -2.52. The molecule has 3 amide bonds. The zero-order chi connectivity index (χ0) is 21.0. The number of imidazole rings is 1. The van der Waals surface area contributed by atoms with Crippen LogP contribution < -0.4 is 10.0 Å². The van der Waals surface area contributed by atoms with E-state index in [1.807, 2.05) is 0 Å². The molecule has 2 aliphatic heterocycles. The largest absolute Gasteiger partial charge is 0.322 e. The van der Waals surface area contributed by atoms with E-state index < -0.39 is 22.0 Å². The van der Waals surface area contributed by atoms with Crippen molar-refractivity contribution in [2.75, 3.05) is 4.72 Å². The predicted molar refractivity (Wildman–Crippen MR) is 106 cm³/mol. The number of piperidine rings is 1. The maximum Gasteiger partial charge on any atom is 0.279 e. The molecule has 1 atom stereocenters. The van der Waals surface area contributed by atoms with Crippen molar-refractivity contribution in [1.82, 2.24) is 19.6 Å². The molecule has 1 fully saturated rings. The van der Waals surface area contributed by atoms with Crippen molar-refractivity contribution in [3.8, 4) is 0 Å². The molecular formula is C18H15N5O5S2. The number of sulfonamides is 1. The molecule has 0 spiro atoms. The van der Waals surface area contributed by atoms with E-state index in [4.69, 9.17) is 0 Å². The van der Waals surface area contributed by atoms with Crippen LogP contribution in [0.25, 0.3) is 4.96 Å². The Morgan fingerprint density at radius 1 is 1.23 bits per heavy atom. The molecule has 1 unspecified atom stereocenters. The molecule has 0 radical (unpaired) electrons. The Balaban J connectivity index is 1.47. The number of nitrogens with zero attached hydrogens (tertiary/aromatic N) is 3. The molecule has 1 saturated heterocycles. The maximum absolute atomic E-state index is 13.0. The van der Waals surface area contributed by atoms with Gasteiger partial charge in [-0.2, -0.15) is 8.42 Å². The lowest BCUT2D eigenvalue weighted by molar-refractivity contribution is -0.136. The number of hydrogen-bond acceptors (Lipinski definition) is 7. The number of fused-ring (bicyclic) bond motifs is 2. The van der Waals surface area contributed by atoms with Gasteiger partial charge < -0.3 is 4.90 Å². The van der Waals surface area contributed by atoms with Gasteiger partial charge in [-0.1, -0.05) is 6.07 Å². The number of imide groups is 1. The van der Waals surface area contributed by atoms with Crippen LogP contribution in [0.3, 0.4) is 0 Å². The Morgan fingerprint density at radius 2 is 2.07 bits per heavy atom. The molecule has 0 bridgehead atoms. The zero-order valence-electron chi connectivity index (χ0n) is 15.4. The highest BCUT2D eigenvalue weighted by Crippen LogP contribution is 2.33. The minimum Gasteiger partial charge on any atom is -0.322 e. The standard InChI is InChI=1S/C18H15N5O5S2/c24-14-5-4-13(16(25)20-14)23-9-11-10(17(23)26)2-1-3-12(11)21-30(27,28)15-8-19-18-22(15)6-7-29-18/h1-3,6-8,13,21H,4-5,9H2,(H,20,24,25). The first-order chi connectivity index (χ1) is 14.3. The van der Waals surface area contributed by atoms with Crippen molar-refractivity contribution in [1.29, 1.82) is 0 Å². The van der Waals surface area contributed by atoms with E-state index in [1.165, 1.54) is 26.8 Å². The van der Waals surface area contributed by atoms with Gasteiger partial charge in [-0.05, 0) is 18.6 Å². The second-order valence-corrected chi connectivity index (χ2v) is 9.49. The summed E-state index contributed by atoms with van der Waals surface area (Å²) in [5, 5.41) is 3.97. The first-order valence-electron chi connectivity index (χ1n) is 9.05. The van der Waals surface area contributed by atoms with Crippen LogP contribution >= 0.6 is 11.3 Å². The van der Waals surface area contributed by atoms with Crippen molar-refractivity contribution >= 4 is 49.7 Å². The maximum atomic E-state index is 13.0. The Hall–Kier alpha value is -3.25. The van der Waals surface area contributed by atoms with Crippen molar-refractivity contribution in [2.45, 2.75) is 30.5 Å². The molecule has 12 heteroatoms. The van der Waals surface area contributed by atoms with Crippen LogP contribution in [-0.4, -0.2) is 46.5 Å². The van der Waals surface area contributed by atoms with Gasteiger partial charge in [0.05, 0.1) is 11.9 Å². The van der Waals surface area contributed by atoms with Crippen molar-refractivity contribution in [2.24, 2.45) is 0 Å². The summed E-state index contributed by atoms with van der Waals surface area (Å²) in [6.45, 7) is 0.0689. The summed E-state index contributed by atoms with van der Waals surface area (Å²) in [6, 6.07) is 3.98. The molecule has 2 N–H and O–H groups in total. The first-order valence-corrected chi connectivity index (χ1v) is 11.4. The molecule has 1 aromatic carbocycles. The van der Waals surface area contributed by atoms with Gasteiger partial charge >= 0.3 is 0 Å². The highest BCUT2D eigenvalue weighted by atomic mass is 32.2. The normalized spacial score (nSPS) is 19.3. The first kappa shape index (κ1) is 18.8. The molecule has 0 aliphatic carbocycles. The van der Waals surface area contributed by atoms with Crippen LogP contribution in [0.15, 0.2) is 41.0 Å². The number of hydrogen-bond donors (Lipinski definition) is 2. The summed E-state index contributed by atoms with van der Waals surface area (Å²) in [5.74, 6) is -1.26. The molecule has 5 rings (SSSR count). The predicted octanol–water partition coefficient (Wildman–Crippen LogP) is 0.958. The number of carbonyl (C=O) groups is 3. The average molecular weight is 445 g/mol. The number of rotatable bonds is 4. The van der Waals surface area contributed by atoms with E-state index in [0.717, 1.165) is 0 Å². The molecule has 0 saturated carbocycles. The fraction of sp³-hybridized carbons (Fsp3) is 0.222. The zero-order valence-corrected chi connectivity index (χ0v) is 17.0. The molecule has 2 aliphatic rings. The highest BCUT2D eigenvalue weighted by Gasteiger charge is 2.40. The average Bonchev–Trinajstić information content (AvgIpc) is 3.37. The number of carbonyl (C=O) groups excluding carboxylic acids is 3. The van der Waals surface area contributed by atoms with Gasteiger partial charge in [0.25, 0.3) is 15.9 Å². The SMILES string of the molecule is O=C1CCC(N2Cc3c(NS(=O)(=O)c4cnc5sccn45)cccc3C2=O)C(=O)N1. The monoisotopic (exact) mass is 445 g/mol. The molecule has 4 heterocycles. The minimum absolute atomic E-state index is 0.0114. The van der Waals surface area contributed by atoms with Gasteiger partial charge in [-0.3, -0.25) is 28.8 Å². The summed E-state index contributed by atoms with van der Waals surface area (Å²) in [5.41, 5.74) is 1.08. The molecule has 10 nitrogen and oxygen atoms in total. The van der Waals surface area contributed by atoms with Gasteiger partial charge in [-0.25, -0.2) is 4.98 Å². The number of benzene rings is 1. The Bertz CT molecular complexity index is 1330. The van der Waals surface area contributed by atoms with Gasteiger partial charge in [-0.15, -0.1) is 11.3 Å². The third kappa shape index (κ3) is 2.87. The van der Waals surface area contributed by atoms with Gasteiger partial charge in [0, 0.05) is 35.7 Å².